The lowest BCUT2D eigenvalue weighted by Gasteiger charge is -2.29. The van der Waals surface area contributed by atoms with Crippen LogP contribution in [0.2, 0.25) is 0 Å². The van der Waals surface area contributed by atoms with Crippen molar-refractivity contribution in [2.24, 2.45) is 0 Å². The van der Waals surface area contributed by atoms with Gasteiger partial charge in [0.1, 0.15) is 0 Å². The van der Waals surface area contributed by atoms with E-state index in [4.69, 9.17) is 4.42 Å². The van der Waals surface area contributed by atoms with Gasteiger partial charge in [0.15, 0.2) is 0 Å². The average Bonchev–Trinajstić information content (AvgIpc) is 2.96. The molecule has 1 N–H and O–H groups in total. The van der Waals surface area contributed by atoms with Gasteiger partial charge in [0.05, 0.1) is 6.54 Å². The standard InChI is InChI=1S/C15H24N4O2/c1-4-7-16-13(20)10-19-8-5-12(6-9-19)15-18-17-14(21-15)11(2)3/h4,11-12H,1,5-10H2,2-3H3,(H,16,20). The van der Waals surface area contributed by atoms with Crippen molar-refractivity contribution in [3.8, 4) is 0 Å². The van der Waals surface area contributed by atoms with Gasteiger partial charge in [-0.2, -0.15) is 0 Å². The minimum Gasteiger partial charge on any atom is -0.425 e. The quantitative estimate of drug-likeness (QED) is 0.808. The molecule has 21 heavy (non-hydrogen) atoms. The van der Waals surface area contributed by atoms with E-state index in [1.54, 1.807) is 6.08 Å². The topological polar surface area (TPSA) is 71.3 Å². The van der Waals surface area contributed by atoms with Crippen LogP contribution in [0.15, 0.2) is 17.1 Å². The monoisotopic (exact) mass is 292 g/mol. The zero-order chi connectivity index (χ0) is 15.2. The number of nitrogens with zero attached hydrogens (tertiary/aromatic N) is 3. The summed E-state index contributed by atoms with van der Waals surface area (Å²) >= 11 is 0. The lowest BCUT2D eigenvalue weighted by Crippen LogP contribution is -2.41. The van der Waals surface area contributed by atoms with Gasteiger partial charge in [-0.1, -0.05) is 19.9 Å². The maximum atomic E-state index is 11.7. The summed E-state index contributed by atoms with van der Waals surface area (Å²) in [5.74, 6) is 2.08. The third kappa shape index (κ3) is 4.39. The largest absolute Gasteiger partial charge is 0.425 e. The van der Waals surface area contributed by atoms with E-state index in [1.807, 2.05) is 13.8 Å². The summed E-state index contributed by atoms with van der Waals surface area (Å²) < 4.78 is 5.72. The maximum absolute atomic E-state index is 11.7. The molecule has 0 radical (unpaired) electrons. The van der Waals surface area contributed by atoms with Crippen molar-refractivity contribution in [3.05, 3.63) is 24.4 Å². The third-order valence-electron chi connectivity index (χ3n) is 3.70. The third-order valence-corrected chi connectivity index (χ3v) is 3.70. The Balaban J connectivity index is 1.79. The second-order valence-corrected chi connectivity index (χ2v) is 5.78. The van der Waals surface area contributed by atoms with Gasteiger partial charge in [-0.3, -0.25) is 9.69 Å². The van der Waals surface area contributed by atoms with Gasteiger partial charge in [-0.25, -0.2) is 0 Å². The van der Waals surface area contributed by atoms with Gasteiger partial charge in [-0.05, 0) is 25.9 Å². The molecule has 6 nitrogen and oxygen atoms in total. The first-order valence-electron chi connectivity index (χ1n) is 7.53. The zero-order valence-electron chi connectivity index (χ0n) is 12.8. The molecular weight excluding hydrogens is 268 g/mol. The first kappa shape index (κ1) is 15.7. The van der Waals surface area contributed by atoms with E-state index in [9.17, 15) is 4.79 Å². The number of aromatic nitrogens is 2. The van der Waals surface area contributed by atoms with Crippen LogP contribution in [0.3, 0.4) is 0 Å². The normalized spacial score (nSPS) is 17.1. The number of hydrogen-bond acceptors (Lipinski definition) is 5. The molecule has 1 aromatic heterocycles. The van der Waals surface area contributed by atoms with Gasteiger partial charge in [0.25, 0.3) is 0 Å². The van der Waals surface area contributed by atoms with Crippen molar-refractivity contribution in [1.82, 2.24) is 20.4 Å². The summed E-state index contributed by atoms with van der Waals surface area (Å²) in [6, 6.07) is 0. The molecule has 2 rings (SSSR count). The van der Waals surface area contributed by atoms with E-state index in [1.165, 1.54) is 0 Å². The fourth-order valence-electron chi connectivity index (χ4n) is 2.43. The number of carbonyl (C=O) groups excluding carboxylic acids is 1. The van der Waals surface area contributed by atoms with Crippen LogP contribution in [0.4, 0.5) is 0 Å². The van der Waals surface area contributed by atoms with Crippen LogP contribution in [0.1, 0.15) is 50.3 Å². The van der Waals surface area contributed by atoms with Crippen molar-refractivity contribution >= 4 is 5.91 Å². The number of hydrogen-bond donors (Lipinski definition) is 1. The highest BCUT2D eigenvalue weighted by molar-refractivity contribution is 5.78. The van der Waals surface area contributed by atoms with Crippen LogP contribution in [0.25, 0.3) is 0 Å². The van der Waals surface area contributed by atoms with Crippen LogP contribution in [0.5, 0.6) is 0 Å². The van der Waals surface area contributed by atoms with Crippen LogP contribution < -0.4 is 5.32 Å². The van der Waals surface area contributed by atoms with Crippen molar-refractivity contribution in [2.45, 2.75) is 38.5 Å². The van der Waals surface area contributed by atoms with Crippen molar-refractivity contribution in [3.63, 3.8) is 0 Å². The molecule has 1 fully saturated rings. The number of rotatable bonds is 6. The molecule has 1 aliphatic heterocycles. The Morgan fingerprint density at radius 2 is 2.19 bits per heavy atom. The van der Waals surface area contributed by atoms with Crippen molar-refractivity contribution < 1.29 is 9.21 Å². The highest BCUT2D eigenvalue weighted by Gasteiger charge is 2.26. The average molecular weight is 292 g/mol. The van der Waals surface area contributed by atoms with Crippen LogP contribution in [-0.4, -0.2) is 47.2 Å². The van der Waals surface area contributed by atoms with Crippen LogP contribution in [-0.2, 0) is 4.79 Å². The molecule has 6 heteroatoms. The maximum Gasteiger partial charge on any atom is 0.234 e. The molecule has 1 aliphatic rings. The minimum atomic E-state index is 0.0493. The predicted octanol–water partition coefficient (Wildman–Crippen LogP) is 1.67. The van der Waals surface area contributed by atoms with E-state index in [-0.39, 0.29) is 11.8 Å². The minimum absolute atomic E-state index is 0.0493. The Morgan fingerprint density at radius 3 is 2.76 bits per heavy atom. The number of likely N-dealkylation sites (tertiary alicyclic amines) is 1. The molecule has 0 aromatic carbocycles. The Kier molecular flexibility index (Phi) is 5.50. The van der Waals surface area contributed by atoms with Gasteiger partial charge in [0.2, 0.25) is 17.7 Å². The van der Waals surface area contributed by atoms with Gasteiger partial charge >= 0.3 is 0 Å². The highest BCUT2D eigenvalue weighted by Crippen LogP contribution is 2.28. The fraction of sp³-hybridized carbons (Fsp3) is 0.667. The van der Waals surface area contributed by atoms with Crippen LogP contribution in [0, 0.1) is 0 Å². The van der Waals surface area contributed by atoms with Crippen LogP contribution >= 0.6 is 0 Å². The summed E-state index contributed by atoms with van der Waals surface area (Å²) in [7, 11) is 0. The Labute approximate surface area is 125 Å². The first-order chi connectivity index (χ1) is 10.1. The summed E-state index contributed by atoms with van der Waals surface area (Å²) in [6.45, 7) is 10.4. The lowest BCUT2D eigenvalue weighted by molar-refractivity contribution is -0.122. The number of carbonyl (C=O) groups is 1. The fourth-order valence-corrected chi connectivity index (χ4v) is 2.43. The number of amides is 1. The van der Waals surface area contributed by atoms with Gasteiger partial charge < -0.3 is 9.73 Å². The molecular formula is C15H24N4O2. The predicted molar refractivity (Wildman–Crippen MR) is 80.0 cm³/mol. The number of piperidine rings is 1. The second kappa shape index (κ2) is 7.36. The van der Waals surface area contributed by atoms with Crippen molar-refractivity contribution in [1.29, 1.82) is 0 Å². The molecule has 0 saturated carbocycles. The molecule has 1 saturated heterocycles. The molecule has 116 valence electrons. The second-order valence-electron chi connectivity index (χ2n) is 5.78. The Hall–Kier alpha value is -1.69. The zero-order valence-corrected chi connectivity index (χ0v) is 12.8. The van der Waals surface area contributed by atoms with Crippen molar-refractivity contribution in [2.75, 3.05) is 26.2 Å². The molecule has 1 aromatic rings. The van der Waals surface area contributed by atoms with Gasteiger partial charge in [-0.15, -0.1) is 16.8 Å². The molecule has 0 spiro atoms. The van der Waals surface area contributed by atoms with E-state index in [0.717, 1.165) is 31.8 Å². The van der Waals surface area contributed by atoms with E-state index < -0.39 is 0 Å². The smallest absolute Gasteiger partial charge is 0.234 e. The highest BCUT2D eigenvalue weighted by atomic mass is 16.4. The molecule has 0 unspecified atom stereocenters. The van der Waals surface area contributed by atoms with Gasteiger partial charge in [0, 0.05) is 18.4 Å². The van der Waals surface area contributed by atoms with E-state index >= 15 is 0 Å². The SMILES string of the molecule is C=CCNC(=O)CN1CCC(c2nnc(C(C)C)o2)CC1. The summed E-state index contributed by atoms with van der Waals surface area (Å²) in [5, 5.41) is 11.0. The molecule has 0 atom stereocenters. The summed E-state index contributed by atoms with van der Waals surface area (Å²) in [4.78, 5) is 13.8. The number of nitrogens with one attached hydrogen (secondary N) is 1. The molecule has 0 bridgehead atoms. The Morgan fingerprint density at radius 1 is 1.48 bits per heavy atom. The molecule has 0 aliphatic carbocycles. The Bertz CT molecular complexity index is 476. The lowest BCUT2D eigenvalue weighted by atomic mass is 9.97. The summed E-state index contributed by atoms with van der Waals surface area (Å²) in [6.07, 6.45) is 3.59. The molecule has 1 amide bonds. The molecule has 2 heterocycles. The first-order valence-corrected chi connectivity index (χ1v) is 7.53. The van der Waals surface area contributed by atoms with E-state index in [2.05, 4.69) is 27.0 Å². The van der Waals surface area contributed by atoms with E-state index in [0.29, 0.717) is 24.9 Å². The summed E-state index contributed by atoms with van der Waals surface area (Å²) in [5.41, 5.74) is 0.